The molecule has 0 bridgehead atoms. The third-order valence-electron chi connectivity index (χ3n) is 4.26. The molecule has 0 amide bonds. The second kappa shape index (κ2) is 17.8. The molecule has 0 aliphatic carbocycles. The van der Waals surface area contributed by atoms with E-state index in [0.717, 1.165) is 45.5 Å². The summed E-state index contributed by atoms with van der Waals surface area (Å²) in [6.07, 6.45) is 10.3. The van der Waals surface area contributed by atoms with Crippen LogP contribution in [0.3, 0.4) is 0 Å². The molecule has 2 aliphatic rings. The summed E-state index contributed by atoms with van der Waals surface area (Å²) in [7, 11) is 5.31. The molecule has 1 N–H and O–H groups in total. The highest BCUT2D eigenvalue weighted by atomic mass is 35.5. The molecular weight excluding hydrogens is 450 g/mol. The topological polar surface area (TPSA) is 81.5 Å². The van der Waals surface area contributed by atoms with E-state index in [2.05, 4.69) is 16.9 Å². The molecule has 0 spiro atoms. The van der Waals surface area contributed by atoms with Gasteiger partial charge in [0.05, 0.1) is 6.42 Å². The second-order valence-corrected chi connectivity index (χ2v) is 7.94. The molecule has 0 saturated carbocycles. The van der Waals surface area contributed by atoms with Crippen LogP contribution in [-0.4, -0.2) is 54.7 Å². The smallest absolute Gasteiger partial charge is 0.307 e. The Morgan fingerprint density at radius 1 is 1.03 bits per heavy atom. The van der Waals surface area contributed by atoms with Crippen molar-refractivity contribution in [1.82, 2.24) is 9.97 Å². The summed E-state index contributed by atoms with van der Waals surface area (Å²) in [5.74, 6) is -0.867. The van der Waals surface area contributed by atoms with Crippen molar-refractivity contribution in [2.45, 2.75) is 57.9 Å². The molecule has 2 radical (unpaired) electrons. The third-order valence-corrected chi connectivity index (χ3v) is 4.71. The first-order valence-corrected chi connectivity index (χ1v) is 11.5. The minimum absolute atomic E-state index is 0.00975. The number of aliphatic carboxylic acids is 1. The van der Waals surface area contributed by atoms with Gasteiger partial charge in [0.25, 0.3) is 0 Å². The van der Waals surface area contributed by atoms with Crippen LogP contribution in [0.15, 0.2) is 36.7 Å². The number of ether oxygens (including phenoxy) is 2. The van der Waals surface area contributed by atoms with Crippen molar-refractivity contribution in [3.05, 3.63) is 58.1 Å². The average molecular weight is 481 g/mol. The first-order valence-electron chi connectivity index (χ1n) is 10.8. The van der Waals surface area contributed by atoms with E-state index in [9.17, 15) is 4.79 Å². The largest absolute Gasteiger partial charge is 0.481 e. The number of carboxylic acids is 1. The highest BCUT2D eigenvalue weighted by Crippen LogP contribution is 2.07. The van der Waals surface area contributed by atoms with Crippen LogP contribution >= 0.6 is 23.2 Å². The second-order valence-electron chi connectivity index (χ2n) is 7.17. The molecule has 32 heavy (non-hydrogen) atoms. The van der Waals surface area contributed by atoms with Crippen molar-refractivity contribution in [1.29, 1.82) is 0 Å². The molecule has 2 aliphatic heterocycles. The molecule has 174 valence electrons. The summed E-state index contributed by atoms with van der Waals surface area (Å²) in [5.41, 5.74) is 1.91. The maximum Gasteiger partial charge on any atom is 0.307 e. The highest BCUT2D eigenvalue weighted by molar-refractivity contribution is 6.29. The summed E-state index contributed by atoms with van der Waals surface area (Å²) < 4.78 is 9.88. The van der Waals surface area contributed by atoms with E-state index in [4.69, 9.17) is 45.6 Å². The SMILES string of the molecule is C1CCOC1.CCCc1ccc(Cl)nc1.O=C(O)Cc1ccc(Cl)nc1.[B]C1CCCO1. The standard InChI is InChI=1S/C8H10ClN.C7H6ClNO2.C4H7BO.C4H8O/c1-2-3-7-4-5-8(9)10-6-7;8-6-2-1-5(4-9-6)3-7(10)11;5-4-2-1-3-6-4;1-2-4-5-3-1/h4-6H,2-3H2,1H3;1-2,4H,3H2,(H,10,11);4H,1-3H2;1-4H2. The molecule has 4 heterocycles. The number of halogens is 2. The lowest BCUT2D eigenvalue weighted by Gasteiger charge is -1.95. The third kappa shape index (κ3) is 15.2. The molecule has 4 rings (SSSR count). The number of rotatable bonds is 4. The molecule has 1 atom stereocenters. The molecule has 6 nitrogen and oxygen atoms in total. The Balaban J connectivity index is 0.000000223. The number of hydrogen-bond acceptors (Lipinski definition) is 5. The van der Waals surface area contributed by atoms with Gasteiger partial charge >= 0.3 is 5.97 Å². The summed E-state index contributed by atoms with van der Waals surface area (Å²) in [4.78, 5) is 17.9. The molecule has 2 aromatic heterocycles. The lowest BCUT2D eigenvalue weighted by molar-refractivity contribution is -0.136. The fourth-order valence-corrected chi connectivity index (χ4v) is 2.87. The Hall–Kier alpha value is -1.67. The zero-order valence-electron chi connectivity index (χ0n) is 18.5. The fourth-order valence-electron chi connectivity index (χ4n) is 2.64. The number of aryl methyl sites for hydroxylation is 1. The van der Waals surface area contributed by atoms with E-state index in [1.807, 2.05) is 18.3 Å². The van der Waals surface area contributed by atoms with Crippen LogP contribution in [0.2, 0.25) is 10.3 Å². The van der Waals surface area contributed by atoms with Gasteiger partial charge in [-0.3, -0.25) is 4.79 Å². The number of carboxylic acid groups (broad SMARTS) is 1. The van der Waals surface area contributed by atoms with Crippen LogP contribution < -0.4 is 0 Å². The van der Waals surface area contributed by atoms with E-state index < -0.39 is 5.97 Å². The fraction of sp³-hybridized carbons (Fsp3) is 0.522. The molecule has 0 aromatic carbocycles. The van der Waals surface area contributed by atoms with Crippen LogP contribution in [0.25, 0.3) is 0 Å². The van der Waals surface area contributed by atoms with Crippen molar-refractivity contribution in [3.8, 4) is 0 Å². The number of hydrogen-bond donors (Lipinski definition) is 1. The lowest BCUT2D eigenvalue weighted by atomic mass is 9.98. The molecule has 2 aromatic rings. The Labute approximate surface area is 202 Å². The van der Waals surface area contributed by atoms with Crippen molar-refractivity contribution >= 4 is 37.0 Å². The quantitative estimate of drug-likeness (QED) is 0.482. The van der Waals surface area contributed by atoms with Crippen LogP contribution in [-0.2, 0) is 27.1 Å². The first kappa shape index (κ1) is 28.4. The lowest BCUT2D eigenvalue weighted by Crippen LogP contribution is -2.01. The number of pyridine rings is 2. The van der Waals surface area contributed by atoms with Gasteiger partial charge in [0.1, 0.15) is 18.2 Å². The van der Waals surface area contributed by atoms with Gasteiger partial charge in [-0.15, -0.1) is 0 Å². The Morgan fingerprint density at radius 2 is 1.62 bits per heavy atom. The van der Waals surface area contributed by atoms with Crippen LogP contribution in [0.5, 0.6) is 0 Å². The van der Waals surface area contributed by atoms with Gasteiger partial charge in [-0.05, 0) is 55.4 Å². The monoisotopic (exact) mass is 480 g/mol. The van der Waals surface area contributed by atoms with Crippen LogP contribution in [0.4, 0.5) is 0 Å². The molecule has 1 unspecified atom stereocenters. The summed E-state index contributed by atoms with van der Waals surface area (Å²) in [6.45, 7) is 5.01. The summed E-state index contributed by atoms with van der Waals surface area (Å²) in [5, 5.41) is 9.32. The van der Waals surface area contributed by atoms with Crippen LogP contribution in [0.1, 0.15) is 50.2 Å². The summed E-state index contributed by atoms with van der Waals surface area (Å²) >= 11 is 11.1. The zero-order valence-corrected chi connectivity index (χ0v) is 20.0. The predicted molar refractivity (Wildman–Crippen MR) is 129 cm³/mol. The van der Waals surface area contributed by atoms with Gasteiger partial charge in [0, 0.05) is 38.2 Å². The van der Waals surface area contributed by atoms with Crippen molar-refractivity contribution < 1.29 is 19.4 Å². The van der Waals surface area contributed by atoms with E-state index in [1.54, 1.807) is 12.1 Å². The predicted octanol–water partition coefficient (Wildman–Crippen LogP) is 5.14. The average Bonchev–Trinajstić information content (AvgIpc) is 3.49. The number of nitrogens with zero attached hydrogens (tertiary/aromatic N) is 2. The molecule has 2 saturated heterocycles. The van der Waals surface area contributed by atoms with E-state index in [1.165, 1.54) is 24.6 Å². The maximum absolute atomic E-state index is 10.2. The summed E-state index contributed by atoms with van der Waals surface area (Å²) in [6, 6.07) is 7.10. The number of carbonyl (C=O) groups is 1. The van der Waals surface area contributed by atoms with Crippen molar-refractivity contribution in [2.24, 2.45) is 0 Å². The Morgan fingerprint density at radius 3 is 1.94 bits per heavy atom. The minimum Gasteiger partial charge on any atom is -0.481 e. The molecule has 2 fully saturated rings. The van der Waals surface area contributed by atoms with Crippen molar-refractivity contribution in [3.63, 3.8) is 0 Å². The Kier molecular flexibility index (Phi) is 15.8. The number of aromatic nitrogens is 2. The highest BCUT2D eigenvalue weighted by Gasteiger charge is 2.06. The maximum atomic E-state index is 10.2. The van der Waals surface area contributed by atoms with Gasteiger partial charge < -0.3 is 14.6 Å². The normalized spacial score (nSPS) is 16.5. The van der Waals surface area contributed by atoms with Gasteiger partial charge in [0.15, 0.2) is 0 Å². The minimum atomic E-state index is -0.867. The molecule has 9 heteroatoms. The zero-order chi connectivity index (χ0) is 23.6. The van der Waals surface area contributed by atoms with Gasteiger partial charge in [-0.1, -0.05) is 48.7 Å². The van der Waals surface area contributed by atoms with E-state index in [0.29, 0.717) is 15.9 Å². The van der Waals surface area contributed by atoms with E-state index in [-0.39, 0.29) is 12.4 Å². The van der Waals surface area contributed by atoms with Gasteiger partial charge in [0.2, 0.25) is 0 Å². The molecular formula is C23H31BCl2N2O4. The van der Waals surface area contributed by atoms with E-state index >= 15 is 0 Å². The Bertz CT molecular complexity index is 731. The first-order chi connectivity index (χ1) is 15.4. The van der Waals surface area contributed by atoms with Gasteiger partial charge in [-0.2, -0.15) is 0 Å². The van der Waals surface area contributed by atoms with Gasteiger partial charge in [-0.25, -0.2) is 9.97 Å². The van der Waals surface area contributed by atoms with Crippen LogP contribution in [0, 0.1) is 0 Å². The van der Waals surface area contributed by atoms with Crippen molar-refractivity contribution in [2.75, 3.05) is 19.8 Å².